The van der Waals surface area contributed by atoms with E-state index in [0.29, 0.717) is 34.7 Å². The fourth-order valence-corrected chi connectivity index (χ4v) is 3.62. The molecule has 1 aliphatic carbocycles. The van der Waals surface area contributed by atoms with Crippen LogP contribution < -0.4 is 5.32 Å². The van der Waals surface area contributed by atoms with Crippen LogP contribution in [0.4, 0.5) is 0 Å². The first-order valence-electron chi connectivity index (χ1n) is 9.71. The van der Waals surface area contributed by atoms with E-state index in [0.717, 1.165) is 12.8 Å². The molecule has 0 atom stereocenters. The van der Waals surface area contributed by atoms with Gasteiger partial charge in [0.15, 0.2) is 6.61 Å². The second-order valence-corrected chi connectivity index (χ2v) is 7.09. The van der Waals surface area contributed by atoms with Crippen molar-refractivity contribution in [3.8, 4) is 17.2 Å². The SMILES string of the molecule is N#Cc1ccccc1-c1ccccc1C(=O)OCC(=O)NCC1CCCCC1. The van der Waals surface area contributed by atoms with Gasteiger partial charge >= 0.3 is 5.97 Å². The average molecular weight is 376 g/mol. The number of nitrogens with zero attached hydrogens (tertiary/aromatic N) is 1. The molecular formula is C23H24N2O3. The Balaban J connectivity index is 1.62. The van der Waals surface area contributed by atoms with Crippen LogP contribution in [0.1, 0.15) is 48.0 Å². The number of carbonyl (C=O) groups excluding carboxylic acids is 2. The summed E-state index contributed by atoms with van der Waals surface area (Å²) in [4.78, 5) is 24.6. The molecule has 144 valence electrons. The summed E-state index contributed by atoms with van der Waals surface area (Å²) in [6.07, 6.45) is 6.00. The fourth-order valence-electron chi connectivity index (χ4n) is 3.62. The number of amides is 1. The predicted molar refractivity (Wildman–Crippen MR) is 106 cm³/mol. The molecule has 0 unspecified atom stereocenters. The number of nitrogens with one attached hydrogen (secondary N) is 1. The van der Waals surface area contributed by atoms with Gasteiger partial charge in [-0.1, -0.05) is 55.7 Å². The Kier molecular flexibility index (Phi) is 6.80. The van der Waals surface area contributed by atoms with E-state index in [-0.39, 0.29) is 12.5 Å². The van der Waals surface area contributed by atoms with Gasteiger partial charge in [-0.15, -0.1) is 0 Å². The van der Waals surface area contributed by atoms with E-state index in [1.54, 1.807) is 42.5 Å². The van der Waals surface area contributed by atoms with E-state index in [4.69, 9.17) is 4.74 Å². The molecule has 28 heavy (non-hydrogen) atoms. The smallest absolute Gasteiger partial charge is 0.339 e. The third kappa shape index (κ3) is 4.98. The van der Waals surface area contributed by atoms with Gasteiger partial charge in [0, 0.05) is 12.1 Å². The lowest BCUT2D eigenvalue weighted by Gasteiger charge is -2.21. The van der Waals surface area contributed by atoms with Crippen LogP contribution in [0.3, 0.4) is 0 Å². The largest absolute Gasteiger partial charge is 0.452 e. The summed E-state index contributed by atoms with van der Waals surface area (Å²) in [5.41, 5.74) is 2.10. The van der Waals surface area contributed by atoms with Crippen LogP contribution in [0.25, 0.3) is 11.1 Å². The molecule has 5 nitrogen and oxygen atoms in total. The predicted octanol–water partition coefficient (Wildman–Crippen LogP) is 4.08. The van der Waals surface area contributed by atoms with Crippen LogP contribution in [0.2, 0.25) is 0 Å². The molecule has 2 aromatic carbocycles. The zero-order valence-corrected chi connectivity index (χ0v) is 15.8. The number of carbonyl (C=O) groups is 2. The minimum atomic E-state index is -0.573. The number of esters is 1. The van der Waals surface area contributed by atoms with Crippen molar-refractivity contribution in [2.45, 2.75) is 32.1 Å². The van der Waals surface area contributed by atoms with E-state index in [9.17, 15) is 14.9 Å². The van der Waals surface area contributed by atoms with Crippen LogP contribution in [-0.2, 0) is 9.53 Å². The van der Waals surface area contributed by atoms with Crippen molar-refractivity contribution in [2.24, 2.45) is 5.92 Å². The van der Waals surface area contributed by atoms with Crippen LogP contribution in [0.15, 0.2) is 48.5 Å². The second-order valence-electron chi connectivity index (χ2n) is 7.09. The van der Waals surface area contributed by atoms with Crippen LogP contribution in [-0.4, -0.2) is 25.0 Å². The monoisotopic (exact) mass is 376 g/mol. The lowest BCUT2D eigenvalue weighted by atomic mass is 9.89. The van der Waals surface area contributed by atoms with Gasteiger partial charge in [0.25, 0.3) is 5.91 Å². The highest BCUT2D eigenvalue weighted by molar-refractivity contribution is 5.98. The topological polar surface area (TPSA) is 79.2 Å². The van der Waals surface area contributed by atoms with Crippen molar-refractivity contribution in [3.05, 3.63) is 59.7 Å². The number of benzene rings is 2. The highest BCUT2D eigenvalue weighted by atomic mass is 16.5. The number of rotatable bonds is 6. The number of hydrogen-bond acceptors (Lipinski definition) is 4. The van der Waals surface area contributed by atoms with Gasteiger partial charge < -0.3 is 10.1 Å². The van der Waals surface area contributed by atoms with E-state index >= 15 is 0 Å². The molecule has 5 heteroatoms. The van der Waals surface area contributed by atoms with E-state index in [1.165, 1.54) is 19.3 Å². The van der Waals surface area contributed by atoms with Gasteiger partial charge in [-0.2, -0.15) is 5.26 Å². The maximum atomic E-state index is 12.6. The minimum absolute atomic E-state index is 0.283. The molecule has 0 saturated heterocycles. The molecule has 1 fully saturated rings. The third-order valence-corrected chi connectivity index (χ3v) is 5.13. The summed E-state index contributed by atoms with van der Waals surface area (Å²) in [6.45, 7) is 0.336. The van der Waals surface area contributed by atoms with Crippen LogP contribution in [0, 0.1) is 17.2 Å². The van der Waals surface area contributed by atoms with Gasteiger partial charge in [0.05, 0.1) is 17.2 Å². The Hall–Kier alpha value is -3.13. The first kappa shape index (κ1) is 19.6. The van der Waals surface area contributed by atoms with Crippen molar-refractivity contribution in [3.63, 3.8) is 0 Å². The molecular weight excluding hydrogens is 352 g/mol. The molecule has 0 heterocycles. The normalized spacial score (nSPS) is 14.1. The summed E-state index contributed by atoms with van der Waals surface area (Å²) in [7, 11) is 0. The zero-order valence-electron chi connectivity index (χ0n) is 15.8. The molecule has 3 rings (SSSR count). The highest BCUT2D eigenvalue weighted by Crippen LogP contribution is 2.27. The van der Waals surface area contributed by atoms with E-state index in [2.05, 4.69) is 11.4 Å². The maximum absolute atomic E-state index is 12.6. The molecule has 0 radical (unpaired) electrons. The third-order valence-electron chi connectivity index (χ3n) is 5.13. The van der Waals surface area contributed by atoms with Crippen molar-refractivity contribution in [1.29, 1.82) is 5.26 Å². The highest BCUT2D eigenvalue weighted by Gasteiger charge is 2.18. The van der Waals surface area contributed by atoms with Crippen molar-refractivity contribution >= 4 is 11.9 Å². The fraction of sp³-hybridized carbons (Fsp3) is 0.348. The summed E-state index contributed by atoms with van der Waals surface area (Å²) in [5, 5.41) is 12.2. The first-order chi connectivity index (χ1) is 13.7. The van der Waals surface area contributed by atoms with Gasteiger partial charge in [0.1, 0.15) is 0 Å². The summed E-state index contributed by atoms with van der Waals surface area (Å²) in [5.74, 6) is -0.332. The maximum Gasteiger partial charge on any atom is 0.339 e. The molecule has 2 aromatic rings. The van der Waals surface area contributed by atoms with Crippen LogP contribution >= 0.6 is 0 Å². The zero-order chi connectivity index (χ0) is 19.8. The number of nitriles is 1. The quantitative estimate of drug-likeness (QED) is 0.771. The minimum Gasteiger partial charge on any atom is -0.452 e. The molecule has 0 bridgehead atoms. The molecule has 1 aliphatic rings. The lowest BCUT2D eigenvalue weighted by molar-refractivity contribution is -0.124. The van der Waals surface area contributed by atoms with Gasteiger partial charge in [0.2, 0.25) is 0 Å². The van der Waals surface area contributed by atoms with Crippen molar-refractivity contribution in [1.82, 2.24) is 5.32 Å². The van der Waals surface area contributed by atoms with Gasteiger partial charge in [-0.3, -0.25) is 4.79 Å². The first-order valence-corrected chi connectivity index (χ1v) is 9.71. The Morgan fingerprint density at radius 1 is 1.00 bits per heavy atom. The Morgan fingerprint density at radius 3 is 2.43 bits per heavy atom. The number of hydrogen-bond donors (Lipinski definition) is 1. The summed E-state index contributed by atoms with van der Waals surface area (Å²) >= 11 is 0. The van der Waals surface area contributed by atoms with E-state index in [1.807, 2.05) is 6.07 Å². The number of ether oxygens (including phenoxy) is 1. The molecule has 0 spiro atoms. The molecule has 0 aliphatic heterocycles. The van der Waals surface area contributed by atoms with E-state index < -0.39 is 5.97 Å². The Bertz CT molecular complexity index is 879. The lowest BCUT2D eigenvalue weighted by Crippen LogP contribution is -2.33. The second kappa shape index (κ2) is 9.70. The average Bonchev–Trinajstić information content (AvgIpc) is 2.76. The molecule has 1 N–H and O–H groups in total. The Labute approximate surface area is 165 Å². The standard InChI is InChI=1S/C23H24N2O3/c24-14-18-10-4-5-11-19(18)20-12-6-7-13-21(20)23(27)28-16-22(26)25-15-17-8-2-1-3-9-17/h4-7,10-13,17H,1-3,8-9,15-16H2,(H,25,26). The van der Waals surface area contributed by atoms with Gasteiger partial charge in [-0.05, 0) is 36.5 Å². The molecule has 1 amide bonds. The Morgan fingerprint density at radius 2 is 1.68 bits per heavy atom. The van der Waals surface area contributed by atoms with Gasteiger partial charge in [-0.25, -0.2) is 4.79 Å². The molecule has 1 saturated carbocycles. The van der Waals surface area contributed by atoms with Crippen LogP contribution in [0.5, 0.6) is 0 Å². The molecule has 0 aromatic heterocycles. The summed E-state index contributed by atoms with van der Waals surface area (Å²) < 4.78 is 5.23. The summed E-state index contributed by atoms with van der Waals surface area (Å²) in [6, 6.07) is 16.2. The van der Waals surface area contributed by atoms with Crippen molar-refractivity contribution < 1.29 is 14.3 Å². The van der Waals surface area contributed by atoms with Crippen molar-refractivity contribution in [2.75, 3.05) is 13.2 Å².